The number of likely N-dealkylation sites (N-methyl/N-ethyl adjacent to an activating group) is 1. The summed E-state index contributed by atoms with van der Waals surface area (Å²) in [6, 6.07) is 3.10. The fourth-order valence-corrected chi connectivity index (χ4v) is 1.49. The molecule has 104 valence electrons. The molecule has 0 aromatic heterocycles. The molecule has 2 N–H and O–H groups in total. The van der Waals surface area contributed by atoms with Crippen molar-refractivity contribution < 1.29 is 19.1 Å². The summed E-state index contributed by atoms with van der Waals surface area (Å²) in [6.07, 6.45) is 0.800. The summed E-state index contributed by atoms with van der Waals surface area (Å²) < 4.78 is 13.0. The standard InChI is InChI=1S/C13H17FN2O3/c1-3-6-15-12(18)8-16(2)13(19)10-7-9(14)4-5-11(10)17/h4-5,7,17H,3,6,8H2,1-2H3,(H,15,18). The molecule has 0 atom stereocenters. The lowest BCUT2D eigenvalue weighted by Crippen LogP contribution is -2.38. The lowest BCUT2D eigenvalue weighted by Gasteiger charge is -2.17. The Hall–Kier alpha value is -2.11. The fourth-order valence-electron chi connectivity index (χ4n) is 1.49. The summed E-state index contributed by atoms with van der Waals surface area (Å²) in [7, 11) is 1.41. The van der Waals surface area contributed by atoms with Crippen molar-refractivity contribution in [3.63, 3.8) is 0 Å². The first-order valence-electron chi connectivity index (χ1n) is 5.96. The van der Waals surface area contributed by atoms with E-state index in [0.717, 1.165) is 29.5 Å². The summed E-state index contributed by atoms with van der Waals surface area (Å²) in [6.45, 7) is 2.31. The number of hydrogen-bond acceptors (Lipinski definition) is 3. The van der Waals surface area contributed by atoms with E-state index >= 15 is 0 Å². The molecule has 0 saturated carbocycles. The number of carbonyl (C=O) groups is 2. The van der Waals surface area contributed by atoms with E-state index in [1.54, 1.807) is 0 Å². The van der Waals surface area contributed by atoms with Crippen LogP contribution in [0.1, 0.15) is 23.7 Å². The van der Waals surface area contributed by atoms with Crippen LogP contribution in [0.25, 0.3) is 0 Å². The van der Waals surface area contributed by atoms with E-state index in [4.69, 9.17) is 0 Å². The molecule has 1 rings (SSSR count). The van der Waals surface area contributed by atoms with Gasteiger partial charge in [0.25, 0.3) is 5.91 Å². The van der Waals surface area contributed by atoms with E-state index in [0.29, 0.717) is 6.54 Å². The maximum absolute atomic E-state index is 13.0. The van der Waals surface area contributed by atoms with Gasteiger partial charge in [-0.1, -0.05) is 6.92 Å². The minimum atomic E-state index is -0.620. The van der Waals surface area contributed by atoms with E-state index in [9.17, 15) is 19.1 Å². The van der Waals surface area contributed by atoms with Crippen molar-refractivity contribution in [3.8, 4) is 5.75 Å². The molecule has 1 aromatic rings. The van der Waals surface area contributed by atoms with Crippen LogP contribution >= 0.6 is 0 Å². The maximum atomic E-state index is 13.0. The van der Waals surface area contributed by atoms with Crippen molar-refractivity contribution in [1.82, 2.24) is 10.2 Å². The predicted molar refractivity (Wildman–Crippen MR) is 68.3 cm³/mol. The van der Waals surface area contributed by atoms with Crippen molar-refractivity contribution in [3.05, 3.63) is 29.6 Å². The number of amides is 2. The Morgan fingerprint density at radius 2 is 2.11 bits per heavy atom. The van der Waals surface area contributed by atoms with Gasteiger partial charge < -0.3 is 15.3 Å². The largest absolute Gasteiger partial charge is 0.507 e. The van der Waals surface area contributed by atoms with Crippen LogP contribution in [0.15, 0.2) is 18.2 Å². The number of nitrogens with one attached hydrogen (secondary N) is 1. The first-order valence-corrected chi connectivity index (χ1v) is 5.96. The molecule has 0 radical (unpaired) electrons. The molecule has 1 aromatic carbocycles. The normalized spacial score (nSPS) is 10.1. The second-order valence-corrected chi connectivity index (χ2v) is 4.17. The molecule has 6 heteroatoms. The highest BCUT2D eigenvalue weighted by Gasteiger charge is 2.18. The van der Waals surface area contributed by atoms with E-state index in [1.807, 2.05) is 6.92 Å². The van der Waals surface area contributed by atoms with E-state index in [1.165, 1.54) is 7.05 Å². The Kier molecular flexibility index (Phi) is 5.29. The smallest absolute Gasteiger partial charge is 0.257 e. The molecular weight excluding hydrogens is 251 g/mol. The van der Waals surface area contributed by atoms with Crippen molar-refractivity contribution in [2.24, 2.45) is 0 Å². The quantitative estimate of drug-likeness (QED) is 0.841. The summed E-state index contributed by atoms with van der Waals surface area (Å²) in [5.74, 6) is -1.84. The van der Waals surface area contributed by atoms with Crippen molar-refractivity contribution in [2.45, 2.75) is 13.3 Å². The van der Waals surface area contributed by atoms with Crippen molar-refractivity contribution in [1.29, 1.82) is 0 Å². The topological polar surface area (TPSA) is 69.6 Å². The van der Waals surface area contributed by atoms with Crippen LogP contribution in [0, 0.1) is 5.82 Å². The van der Waals surface area contributed by atoms with Gasteiger partial charge in [-0.3, -0.25) is 9.59 Å². The zero-order chi connectivity index (χ0) is 14.4. The van der Waals surface area contributed by atoms with Crippen molar-refractivity contribution in [2.75, 3.05) is 20.1 Å². The average molecular weight is 268 g/mol. The first kappa shape index (κ1) is 14.9. The lowest BCUT2D eigenvalue weighted by atomic mass is 10.1. The van der Waals surface area contributed by atoms with Gasteiger partial charge in [0.1, 0.15) is 11.6 Å². The third kappa shape index (κ3) is 4.24. The number of carbonyl (C=O) groups excluding carboxylic acids is 2. The van der Waals surface area contributed by atoms with Crippen LogP contribution in [0.4, 0.5) is 4.39 Å². The average Bonchev–Trinajstić information content (AvgIpc) is 2.38. The number of nitrogens with zero attached hydrogens (tertiary/aromatic N) is 1. The van der Waals surface area contributed by atoms with Crippen LogP contribution in [-0.2, 0) is 4.79 Å². The number of rotatable bonds is 5. The Balaban J connectivity index is 2.71. The van der Waals surface area contributed by atoms with Crippen LogP contribution in [0.3, 0.4) is 0 Å². The van der Waals surface area contributed by atoms with Crippen molar-refractivity contribution >= 4 is 11.8 Å². The van der Waals surface area contributed by atoms with Crippen LogP contribution in [0.2, 0.25) is 0 Å². The summed E-state index contributed by atoms with van der Waals surface area (Å²) >= 11 is 0. The SMILES string of the molecule is CCCNC(=O)CN(C)C(=O)c1cc(F)ccc1O. The van der Waals surface area contributed by atoms with Gasteiger partial charge in [0.15, 0.2) is 0 Å². The van der Waals surface area contributed by atoms with Gasteiger partial charge in [-0.15, -0.1) is 0 Å². The zero-order valence-electron chi connectivity index (χ0n) is 10.9. The van der Waals surface area contributed by atoms with Crippen LogP contribution < -0.4 is 5.32 Å². The summed E-state index contributed by atoms with van der Waals surface area (Å²) in [5.41, 5.74) is -0.161. The summed E-state index contributed by atoms with van der Waals surface area (Å²) in [5, 5.41) is 12.1. The molecule has 2 amide bonds. The minimum absolute atomic E-state index is 0.144. The highest BCUT2D eigenvalue weighted by atomic mass is 19.1. The highest BCUT2D eigenvalue weighted by molar-refractivity contribution is 5.98. The fraction of sp³-hybridized carbons (Fsp3) is 0.385. The number of halogens is 1. The predicted octanol–water partition coefficient (Wildman–Crippen LogP) is 1.13. The maximum Gasteiger partial charge on any atom is 0.257 e. The molecule has 0 aliphatic rings. The Bertz CT molecular complexity index is 477. The number of hydrogen-bond donors (Lipinski definition) is 2. The number of benzene rings is 1. The molecule has 0 spiro atoms. The highest BCUT2D eigenvalue weighted by Crippen LogP contribution is 2.19. The van der Waals surface area contributed by atoms with E-state index in [-0.39, 0.29) is 23.8 Å². The molecular formula is C13H17FN2O3. The van der Waals surface area contributed by atoms with Crippen LogP contribution in [-0.4, -0.2) is 42.0 Å². The second-order valence-electron chi connectivity index (χ2n) is 4.17. The molecule has 0 heterocycles. The van der Waals surface area contributed by atoms with Gasteiger partial charge in [-0.05, 0) is 24.6 Å². The molecule has 19 heavy (non-hydrogen) atoms. The first-order chi connectivity index (χ1) is 8.95. The second kappa shape index (κ2) is 6.72. The number of phenols is 1. The Labute approximate surface area is 111 Å². The summed E-state index contributed by atoms with van der Waals surface area (Å²) in [4.78, 5) is 24.5. The number of aromatic hydroxyl groups is 1. The van der Waals surface area contributed by atoms with Gasteiger partial charge in [0, 0.05) is 13.6 Å². The molecule has 0 unspecified atom stereocenters. The van der Waals surface area contributed by atoms with Gasteiger partial charge in [-0.2, -0.15) is 0 Å². The van der Waals surface area contributed by atoms with Gasteiger partial charge >= 0.3 is 0 Å². The Morgan fingerprint density at radius 1 is 1.42 bits per heavy atom. The lowest BCUT2D eigenvalue weighted by molar-refractivity contribution is -0.121. The third-order valence-electron chi connectivity index (χ3n) is 2.49. The third-order valence-corrected chi connectivity index (χ3v) is 2.49. The molecule has 5 nitrogen and oxygen atoms in total. The Morgan fingerprint density at radius 3 is 2.74 bits per heavy atom. The van der Waals surface area contributed by atoms with E-state index < -0.39 is 11.7 Å². The van der Waals surface area contributed by atoms with Gasteiger partial charge in [0.05, 0.1) is 12.1 Å². The monoisotopic (exact) mass is 268 g/mol. The van der Waals surface area contributed by atoms with Gasteiger partial charge in [0.2, 0.25) is 5.91 Å². The minimum Gasteiger partial charge on any atom is -0.507 e. The molecule has 0 fully saturated rings. The molecule has 0 saturated heterocycles. The van der Waals surface area contributed by atoms with Gasteiger partial charge in [-0.25, -0.2) is 4.39 Å². The number of phenolic OH excluding ortho intramolecular Hbond substituents is 1. The van der Waals surface area contributed by atoms with Crippen LogP contribution in [0.5, 0.6) is 5.75 Å². The zero-order valence-corrected chi connectivity index (χ0v) is 10.9. The van der Waals surface area contributed by atoms with E-state index in [2.05, 4.69) is 5.32 Å². The molecule has 0 bridgehead atoms. The molecule has 0 aliphatic heterocycles. The molecule has 0 aliphatic carbocycles.